The zero-order chi connectivity index (χ0) is 10.1. The van der Waals surface area contributed by atoms with Gasteiger partial charge in [-0.2, -0.15) is 0 Å². The molecule has 14 heavy (non-hydrogen) atoms. The zero-order valence-electron chi connectivity index (χ0n) is 8.43. The molecule has 2 nitrogen and oxygen atoms in total. The number of methoxy groups -OCH3 is 1. The lowest BCUT2D eigenvalue weighted by atomic mass is 9.95. The number of benzene rings is 1. The van der Waals surface area contributed by atoms with Crippen molar-refractivity contribution in [1.29, 1.82) is 0 Å². The first-order valence-electron chi connectivity index (χ1n) is 4.81. The minimum atomic E-state index is 0.674. The van der Waals surface area contributed by atoms with Crippen LogP contribution in [0, 0.1) is 5.92 Å². The Morgan fingerprint density at radius 3 is 3.00 bits per heavy atom. The van der Waals surface area contributed by atoms with Gasteiger partial charge in [-0.1, -0.05) is 18.5 Å². The molecule has 0 saturated heterocycles. The summed E-state index contributed by atoms with van der Waals surface area (Å²) in [5, 5.41) is 4.04. The van der Waals surface area contributed by atoms with Gasteiger partial charge in [0.1, 0.15) is 5.75 Å². The second-order valence-corrected chi connectivity index (χ2v) is 4.24. The number of hydrogen-bond acceptors (Lipinski definition) is 2. The molecule has 1 N–H and O–H groups in total. The number of ether oxygens (including phenoxy) is 1. The van der Waals surface area contributed by atoms with Crippen molar-refractivity contribution in [2.75, 3.05) is 19.0 Å². The minimum Gasteiger partial charge on any atom is -0.495 e. The SMILES string of the molecule is COc1cc2c(cc1Cl)NCC(C)C2. The van der Waals surface area contributed by atoms with Gasteiger partial charge in [0.2, 0.25) is 0 Å². The van der Waals surface area contributed by atoms with Crippen molar-refractivity contribution in [2.45, 2.75) is 13.3 Å². The van der Waals surface area contributed by atoms with E-state index in [9.17, 15) is 0 Å². The van der Waals surface area contributed by atoms with Crippen LogP contribution >= 0.6 is 11.6 Å². The van der Waals surface area contributed by atoms with Gasteiger partial charge < -0.3 is 10.1 Å². The van der Waals surface area contributed by atoms with Gasteiger partial charge in [-0.3, -0.25) is 0 Å². The third kappa shape index (κ3) is 1.67. The maximum atomic E-state index is 6.03. The van der Waals surface area contributed by atoms with Gasteiger partial charge in [-0.05, 0) is 30.0 Å². The summed E-state index contributed by atoms with van der Waals surface area (Å²) in [5.41, 5.74) is 2.44. The molecule has 1 aliphatic heterocycles. The van der Waals surface area contributed by atoms with Crippen molar-refractivity contribution in [3.05, 3.63) is 22.7 Å². The number of fused-ring (bicyclic) bond motifs is 1. The molecule has 0 fully saturated rings. The van der Waals surface area contributed by atoms with Crippen molar-refractivity contribution >= 4 is 17.3 Å². The second-order valence-electron chi connectivity index (χ2n) is 3.83. The molecular formula is C11H14ClNO. The summed E-state index contributed by atoms with van der Waals surface area (Å²) in [6, 6.07) is 3.97. The van der Waals surface area contributed by atoms with Gasteiger partial charge in [-0.25, -0.2) is 0 Å². The average molecular weight is 212 g/mol. The van der Waals surface area contributed by atoms with Crippen LogP contribution in [0.3, 0.4) is 0 Å². The Balaban J connectivity index is 2.41. The van der Waals surface area contributed by atoms with E-state index in [1.54, 1.807) is 7.11 Å². The largest absolute Gasteiger partial charge is 0.495 e. The van der Waals surface area contributed by atoms with Crippen molar-refractivity contribution < 1.29 is 4.74 Å². The Kier molecular flexibility index (Phi) is 2.55. The summed E-state index contributed by atoms with van der Waals surface area (Å²) in [4.78, 5) is 0. The van der Waals surface area contributed by atoms with Gasteiger partial charge in [0.15, 0.2) is 0 Å². The second kappa shape index (κ2) is 3.70. The summed E-state index contributed by atoms with van der Waals surface area (Å²) in [6.07, 6.45) is 1.09. The molecule has 0 amide bonds. The Morgan fingerprint density at radius 2 is 2.29 bits per heavy atom. The molecule has 1 heterocycles. The lowest BCUT2D eigenvalue weighted by Gasteiger charge is -2.24. The highest BCUT2D eigenvalue weighted by Gasteiger charge is 2.16. The predicted octanol–water partition coefficient (Wildman–Crippen LogP) is 2.95. The number of anilines is 1. The van der Waals surface area contributed by atoms with Gasteiger partial charge in [0.05, 0.1) is 12.1 Å². The molecule has 0 saturated carbocycles. The van der Waals surface area contributed by atoms with E-state index in [2.05, 4.69) is 12.2 Å². The summed E-state index contributed by atoms with van der Waals surface area (Å²) in [7, 11) is 1.65. The first kappa shape index (κ1) is 9.66. The molecule has 3 heteroatoms. The van der Waals surface area contributed by atoms with Crippen LogP contribution in [0.5, 0.6) is 5.75 Å². The quantitative estimate of drug-likeness (QED) is 0.771. The summed E-state index contributed by atoms with van der Waals surface area (Å²) in [6.45, 7) is 3.26. The number of nitrogens with one attached hydrogen (secondary N) is 1. The molecule has 0 bridgehead atoms. The Bertz CT molecular complexity index is 351. The van der Waals surface area contributed by atoms with Crippen molar-refractivity contribution in [1.82, 2.24) is 0 Å². The first-order valence-corrected chi connectivity index (χ1v) is 5.18. The Morgan fingerprint density at radius 1 is 1.50 bits per heavy atom. The van der Waals surface area contributed by atoms with Crippen molar-refractivity contribution in [3.63, 3.8) is 0 Å². The lowest BCUT2D eigenvalue weighted by molar-refractivity contribution is 0.414. The maximum absolute atomic E-state index is 6.03. The van der Waals surface area contributed by atoms with Gasteiger partial charge in [0.25, 0.3) is 0 Å². The molecule has 0 radical (unpaired) electrons. The van der Waals surface area contributed by atoms with E-state index in [4.69, 9.17) is 16.3 Å². The van der Waals surface area contributed by atoms with E-state index in [0.717, 1.165) is 24.4 Å². The predicted molar refractivity (Wildman–Crippen MR) is 59.4 cm³/mol. The normalized spacial score (nSPS) is 19.8. The van der Waals surface area contributed by atoms with Crippen LogP contribution in [-0.2, 0) is 6.42 Å². The standard InChI is InChI=1S/C11H14ClNO/c1-7-3-8-4-11(14-2)9(12)5-10(8)13-6-7/h4-5,7,13H,3,6H2,1-2H3. The van der Waals surface area contributed by atoms with Gasteiger partial charge >= 0.3 is 0 Å². The van der Waals surface area contributed by atoms with Crippen LogP contribution in [-0.4, -0.2) is 13.7 Å². The molecule has 1 aliphatic rings. The van der Waals surface area contributed by atoms with Crippen LogP contribution in [0.15, 0.2) is 12.1 Å². The molecule has 0 aromatic heterocycles. The van der Waals surface area contributed by atoms with E-state index in [0.29, 0.717) is 10.9 Å². The lowest BCUT2D eigenvalue weighted by Crippen LogP contribution is -2.20. The molecule has 0 spiro atoms. The zero-order valence-corrected chi connectivity index (χ0v) is 9.19. The molecule has 1 atom stereocenters. The van der Waals surface area contributed by atoms with E-state index < -0.39 is 0 Å². The van der Waals surface area contributed by atoms with Gasteiger partial charge in [-0.15, -0.1) is 0 Å². The van der Waals surface area contributed by atoms with Crippen LogP contribution in [0.1, 0.15) is 12.5 Å². The number of hydrogen-bond donors (Lipinski definition) is 1. The van der Waals surface area contributed by atoms with Crippen molar-refractivity contribution in [2.24, 2.45) is 5.92 Å². The molecule has 76 valence electrons. The Hall–Kier alpha value is -0.890. The Labute approximate surface area is 89.2 Å². The molecule has 0 aliphatic carbocycles. The minimum absolute atomic E-state index is 0.674. The smallest absolute Gasteiger partial charge is 0.137 e. The van der Waals surface area contributed by atoms with Crippen molar-refractivity contribution in [3.8, 4) is 5.75 Å². The topological polar surface area (TPSA) is 21.3 Å². The van der Waals surface area contributed by atoms with Crippen LogP contribution in [0.25, 0.3) is 0 Å². The third-order valence-corrected chi connectivity index (χ3v) is 2.88. The third-order valence-electron chi connectivity index (χ3n) is 2.59. The highest BCUT2D eigenvalue weighted by atomic mass is 35.5. The molecule has 1 unspecified atom stereocenters. The maximum Gasteiger partial charge on any atom is 0.137 e. The summed E-state index contributed by atoms with van der Waals surface area (Å²) in [5.74, 6) is 1.44. The van der Waals surface area contributed by atoms with Crippen LogP contribution in [0.2, 0.25) is 5.02 Å². The number of rotatable bonds is 1. The highest BCUT2D eigenvalue weighted by molar-refractivity contribution is 6.32. The first-order chi connectivity index (χ1) is 6.70. The summed E-state index contributed by atoms with van der Waals surface area (Å²) >= 11 is 6.03. The summed E-state index contributed by atoms with van der Waals surface area (Å²) < 4.78 is 5.19. The molecule has 1 aromatic rings. The fourth-order valence-electron chi connectivity index (χ4n) is 1.82. The molecular weight excluding hydrogens is 198 g/mol. The average Bonchev–Trinajstić information content (AvgIpc) is 2.17. The van der Waals surface area contributed by atoms with Crippen LogP contribution < -0.4 is 10.1 Å². The highest BCUT2D eigenvalue weighted by Crippen LogP contribution is 2.34. The molecule has 2 rings (SSSR count). The van der Waals surface area contributed by atoms with Crippen LogP contribution in [0.4, 0.5) is 5.69 Å². The fourth-order valence-corrected chi connectivity index (χ4v) is 2.06. The monoisotopic (exact) mass is 211 g/mol. The van der Waals surface area contributed by atoms with E-state index in [1.165, 1.54) is 5.56 Å². The van der Waals surface area contributed by atoms with E-state index in [1.807, 2.05) is 12.1 Å². The fraction of sp³-hybridized carbons (Fsp3) is 0.455. The van der Waals surface area contributed by atoms with E-state index in [-0.39, 0.29) is 0 Å². The number of halogens is 1. The van der Waals surface area contributed by atoms with Gasteiger partial charge in [0, 0.05) is 12.2 Å². The molecule has 1 aromatic carbocycles. The van der Waals surface area contributed by atoms with E-state index >= 15 is 0 Å².